The summed E-state index contributed by atoms with van der Waals surface area (Å²) in [4.78, 5) is -0.305. The highest BCUT2D eigenvalue weighted by Crippen LogP contribution is 2.35. The van der Waals surface area contributed by atoms with Gasteiger partial charge in [-0.15, -0.1) is 0 Å². The van der Waals surface area contributed by atoms with Crippen LogP contribution in [-0.2, 0) is 10.1 Å². The van der Waals surface area contributed by atoms with Gasteiger partial charge in [0, 0.05) is 27.9 Å². The van der Waals surface area contributed by atoms with E-state index in [1.807, 2.05) is 12.1 Å². The van der Waals surface area contributed by atoms with Crippen LogP contribution in [-0.4, -0.2) is 13.0 Å². The minimum absolute atomic E-state index is 0.287. The van der Waals surface area contributed by atoms with Crippen molar-refractivity contribution in [2.45, 2.75) is 4.90 Å². The number of halogens is 1. The van der Waals surface area contributed by atoms with Crippen molar-refractivity contribution >= 4 is 38.2 Å². The van der Waals surface area contributed by atoms with Gasteiger partial charge < -0.3 is 5.73 Å². The number of hydrogen-bond donors (Lipinski definition) is 2. The molecule has 3 aromatic carbocycles. The third kappa shape index (κ3) is 2.66. The van der Waals surface area contributed by atoms with Crippen molar-refractivity contribution in [1.29, 1.82) is 0 Å². The Morgan fingerprint density at radius 3 is 2.45 bits per heavy atom. The van der Waals surface area contributed by atoms with Crippen LogP contribution in [0, 0.1) is 6.07 Å². The summed E-state index contributed by atoms with van der Waals surface area (Å²) in [5.74, 6) is 0. The molecule has 111 valence electrons. The average Bonchev–Trinajstić information content (AvgIpc) is 2.45. The lowest BCUT2D eigenvalue weighted by atomic mass is 10.00. The highest BCUT2D eigenvalue weighted by atomic mass is 35.5. The standard InChI is InChI=1S/C16H11ClNO3S/c17-12-5-6-13(15(18)9-12)14-7-10-3-1-2-4-11(10)8-16(14)22(19,20)21/h1-7,9H,18H2,(H,19,20,21). The quantitative estimate of drug-likeness (QED) is 0.552. The first-order chi connectivity index (χ1) is 10.4. The molecule has 0 aliphatic heterocycles. The number of nitrogens with two attached hydrogens (primary N) is 1. The van der Waals surface area contributed by atoms with Crippen LogP contribution in [0.1, 0.15) is 0 Å². The molecule has 0 saturated heterocycles. The molecule has 0 unspecified atom stereocenters. The molecule has 0 aliphatic carbocycles. The maximum absolute atomic E-state index is 11.7. The summed E-state index contributed by atoms with van der Waals surface area (Å²) in [6.07, 6.45) is 0. The molecule has 0 heterocycles. The van der Waals surface area contributed by atoms with Crippen LogP contribution in [0.4, 0.5) is 5.69 Å². The van der Waals surface area contributed by atoms with Gasteiger partial charge in [0.2, 0.25) is 0 Å². The highest BCUT2D eigenvalue weighted by Gasteiger charge is 2.19. The van der Waals surface area contributed by atoms with Gasteiger partial charge in [-0.3, -0.25) is 4.55 Å². The van der Waals surface area contributed by atoms with E-state index in [0.717, 1.165) is 5.39 Å². The van der Waals surface area contributed by atoms with Crippen molar-refractivity contribution in [1.82, 2.24) is 0 Å². The largest absolute Gasteiger partial charge is 0.398 e. The van der Waals surface area contributed by atoms with Gasteiger partial charge in [-0.1, -0.05) is 41.9 Å². The maximum Gasteiger partial charge on any atom is 0.295 e. The number of fused-ring (bicyclic) bond motifs is 1. The minimum atomic E-state index is -4.44. The molecule has 0 bridgehead atoms. The number of benzene rings is 3. The summed E-state index contributed by atoms with van der Waals surface area (Å²) in [5, 5.41) is 1.82. The zero-order valence-corrected chi connectivity index (χ0v) is 12.8. The molecule has 0 aromatic heterocycles. The number of anilines is 1. The summed E-state index contributed by atoms with van der Waals surface area (Å²) < 4.78 is 32.9. The molecule has 1 radical (unpaired) electrons. The topological polar surface area (TPSA) is 80.4 Å². The number of rotatable bonds is 2. The first-order valence-corrected chi connectivity index (χ1v) is 8.16. The van der Waals surface area contributed by atoms with Gasteiger partial charge in [0.25, 0.3) is 10.1 Å². The fraction of sp³-hybridized carbons (Fsp3) is 0. The fourth-order valence-electron chi connectivity index (χ4n) is 2.33. The van der Waals surface area contributed by atoms with Crippen LogP contribution in [0.5, 0.6) is 0 Å². The molecule has 3 aromatic rings. The summed E-state index contributed by atoms with van der Waals surface area (Å²) in [5.41, 5.74) is 7.01. The predicted octanol–water partition coefficient (Wildman–Crippen LogP) is 3.79. The average molecular weight is 333 g/mol. The first kappa shape index (κ1) is 14.8. The fourth-order valence-corrected chi connectivity index (χ4v) is 3.20. The summed E-state index contributed by atoms with van der Waals surface area (Å²) >= 11 is 5.87. The molecule has 4 nitrogen and oxygen atoms in total. The highest BCUT2D eigenvalue weighted by molar-refractivity contribution is 7.86. The molecule has 0 aliphatic rings. The number of nitrogen functional groups attached to an aromatic ring is 1. The van der Waals surface area contributed by atoms with Gasteiger partial charge in [-0.05, 0) is 29.0 Å². The Balaban J connectivity index is 2.40. The zero-order chi connectivity index (χ0) is 15.9. The van der Waals surface area contributed by atoms with Crippen molar-refractivity contribution in [2.75, 3.05) is 5.73 Å². The van der Waals surface area contributed by atoms with Gasteiger partial charge in [0.15, 0.2) is 0 Å². The lowest BCUT2D eigenvalue weighted by Crippen LogP contribution is -2.02. The lowest BCUT2D eigenvalue weighted by molar-refractivity contribution is 0.483. The van der Waals surface area contributed by atoms with Crippen LogP contribution in [0.15, 0.2) is 53.4 Å². The van der Waals surface area contributed by atoms with Crippen molar-refractivity contribution < 1.29 is 13.0 Å². The van der Waals surface area contributed by atoms with Crippen molar-refractivity contribution in [3.63, 3.8) is 0 Å². The van der Waals surface area contributed by atoms with Crippen molar-refractivity contribution in [2.24, 2.45) is 0 Å². The lowest BCUT2D eigenvalue weighted by Gasteiger charge is -2.12. The second-order valence-corrected chi connectivity index (χ2v) is 6.60. The van der Waals surface area contributed by atoms with E-state index in [-0.39, 0.29) is 10.5 Å². The SMILES string of the molecule is Nc1cc(Cl)ccc1-c1cc2ccccc2[c]c1S(=O)(=O)O. The Kier molecular flexibility index (Phi) is 3.56. The predicted molar refractivity (Wildman–Crippen MR) is 87.5 cm³/mol. The third-order valence-electron chi connectivity index (χ3n) is 3.32. The molecule has 6 heteroatoms. The van der Waals surface area contributed by atoms with E-state index in [9.17, 15) is 13.0 Å². The van der Waals surface area contributed by atoms with E-state index in [4.69, 9.17) is 17.3 Å². The van der Waals surface area contributed by atoms with Gasteiger partial charge in [0.05, 0.1) is 0 Å². The van der Waals surface area contributed by atoms with E-state index in [1.165, 1.54) is 6.07 Å². The third-order valence-corrected chi connectivity index (χ3v) is 4.39. The van der Waals surface area contributed by atoms with Gasteiger partial charge >= 0.3 is 0 Å². The smallest absolute Gasteiger partial charge is 0.295 e. The van der Waals surface area contributed by atoms with Crippen LogP contribution < -0.4 is 5.73 Å². The number of hydrogen-bond acceptors (Lipinski definition) is 3. The summed E-state index contributed by atoms with van der Waals surface area (Å²) in [7, 11) is -4.44. The van der Waals surface area contributed by atoms with Gasteiger partial charge in [-0.2, -0.15) is 8.42 Å². The second-order valence-electron chi connectivity index (χ2n) is 4.81. The molecule has 3 N–H and O–H groups in total. The first-order valence-electron chi connectivity index (χ1n) is 6.34. The normalized spacial score (nSPS) is 11.7. The molecule has 0 atom stereocenters. The Labute approximate surface area is 132 Å². The molecular weight excluding hydrogens is 322 g/mol. The van der Waals surface area contributed by atoms with Crippen LogP contribution in [0.2, 0.25) is 5.02 Å². The molecule has 22 heavy (non-hydrogen) atoms. The molecular formula is C16H11ClNO3S. The second kappa shape index (κ2) is 5.28. The van der Waals surface area contributed by atoms with E-state index in [0.29, 0.717) is 21.7 Å². The molecule has 0 saturated carbocycles. The Bertz CT molecular complexity index is 984. The Morgan fingerprint density at radius 2 is 1.77 bits per heavy atom. The molecule has 0 spiro atoms. The monoisotopic (exact) mass is 332 g/mol. The minimum Gasteiger partial charge on any atom is -0.398 e. The van der Waals surface area contributed by atoms with E-state index in [2.05, 4.69) is 6.07 Å². The van der Waals surface area contributed by atoms with Crippen molar-refractivity contribution in [3.8, 4) is 11.1 Å². The van der Waals surface area contributed by atoms with Crippen LogP contribution >= 0.6 is 11.6 Å². The van der Waals surface area contributed by atoms with Crippen LogP contribution in [0.25, 0.3) is 21.9 Å². The Hall–Kier alpha value is -2.08. The van der Waals surface area contributed by atoms with Gasteiger partial charge in [0.1, 0.15) is 4.90 Å². The zero-order valence-electron chi connectivity index (χ0n) is 11.2. The van der Waals surface area contributed by atoms with Gasteiger partial charge in [-0.25, -0.2) is 0 Å². The maximum atomic E-state index is 11.7. The Morgan fingerprint density at radius 1 is 1.05 bits per heavy atom. The molecule has 3 rings (SSSR count). The van der Waals surface area contributed by atoms with E-state index in [1.54, 1.807) is 30.3 Å². The van der Waals surface area contributed by atoms with Crippen LogP contribution in [0.3, 0.4) is 0 Å². The summed E-state index contributed by atoms with van der Waals surface area (Å²) in [6, 6.07) is 16.3. The van der Waals surface area contributed by atoms with E-state index < -0.39 is 10.1 Å². The molecule has 0 amide bonds. The summed E-state index contributed by atoms with van der Waals surface area (Å²) in [6.45, 7) is 0. The van der Waals surface area contributed by atoms with Crippen molar-refractivity contribution in [3.05, 3.63) is 59.6 Å². The van der Waals surface area contributed by atoms with E-state index >= 15 is 0 Å². The molecule has 0 fully saturated rings.